The molecule has 4 nitrogen and oxygen atoms in total. The number of carbonyl (C=O) groups excluding carboxylic acids is 1. The third-order valence-electron chi connectivity index (χ3n) is 3.17. The van der Waals surface area contributed by atoms with Gasteiger partial charge in [0, 0.05) is 6.04 Å². The van der Waals surface area contributed by atoms with Crippen molar-refractivity contribution in [1.29, 1.82) is 0 Å². The van der Waals surface area contributed by atoms with Gasteiger partial charge in [-0.1, -0.05) is 6.92 Å². The van der Waals surface area contributed by atoms with E-state index in [1.807, 2.05) is 20.8 Å². The topological polar surface area (TPSA) is 50.9 Å². The van der Waals surface area contributed by atoms with Crippen LogP contribution < -0.4 is 5.32 Å². The van der Waals surface area contributed by atoms with Crippen LogP contribution in [0.2, 0.25) is 0 Å². The highest BCUT2D eigenvalue weighted by Crippen LogP contribution is 2.39. The maximum absolute atomic E-state index is 11.6. The van der Waals surface area contributed by atoms with Crippen LogP contribution in [0, 0.1) is 5.92 Å². The summed E-state index contributed by atoms with van der Waals surface area (Å²) >= 11 is 0. The summed E-state index contributed by atoms with van der Waals surface area (Å²) in [7, 11) is 0. The zero-order valence-corrected chi connectivity index (χ0v) is 10.4. The summed E-state index contributed by atoms with van der Waals surface area (Å²) in [6, 6.07) is 0.193. The Balaban J connectivity index is 1.82. The first kappa shape index (κ1) is 11.7. The Kier molecular flexibility index (Phi) is 2.86. The molecule has 2 unspecified atom stereocenters. The summed E-state index contributed by atoms with van der Waals surface area (Å²) in [5.74, 6) is 0.469. The van der Waals surface area contributed by atoms with Crippen molar-refractivity contribution in [1.82, 2.24) is 5.32 Å². The number of hydrogen-bond acceptors (Lipinski definition) is 3. The van der Waals surface area contributed by atoms with Crippen LogP contribution in [0.15, 0.2) is 0 Å². The molecule has 0 spiro atoms. The molecule has 0 aromatic carbocycles. The highest BCUT2D eigenvalue weighted by molar-refractivity contribution is 5.68. The summed E-state index contributed by atoms with van der Waals surface area (Å²) in [5, 5.41) is 2.94. The highest BCUT2D eigenvalue weighted by Gasteiger charge is 2.47. The lowest BCUT2D eigenvalue weighted by Crippen LogP contribution is -2.45. The highest BCUT2D eigenvalue weighted by atomic mass is 16.6. The van der Waals surface area contributed by atoms with Crippen molar-refractivity contribution >= 4 is 6.09 Å². The molecule has 4 atom stereocenters. The first-order valence-corrected chi connectivity index (χ1v) is 6.00. The van der Waals surface area contributed by atoms with Gasteiger partial charge in [-0.3, -0.25) is 0 Å². The predicted molar refractivity (Wildman–Crippen MR) is 60.2 cm³/mol. The molecule has 1 saturated heterocycles. The number of epoxide rings is 1. The maximum Gasteiger partial charge on any atom is 0.407 e. The molecule has 2 aliphatic rings. The van der Waals surface area contributed by atoms with Gasteiger partial charge < -0.3 is 14.8 Å². The van der Waals surface area contributed by atoms with Crippen molar-refractivity contribution in [2.45, 2.75) is 64.4 Å². The Morgan fingerprint density at radius 3 is 2.56 bits per heavy atom. The molecule has 1 heterocycles. The lowest BCUT2D eigenvalue weighted by molar-refractivity contribution is 0.0478. The normalized spacial score (nSPS) is 37.5. The fourth-order valence-corrected chi connectivity index (χ4v) is 2.27. The summed E-state index contributed by atoms with van der Waals surface area (Å²) in [4.78, 5) is 11.6. The van der Waals surface area contributed by atoms with Crippen LogP contribution in [0.1, 0.15) is 40.5 Å². The number of alkyl carbamates (subject to hydrolysis) is 1. The fourth-order valence-electron chi connectivity index (χ4n) is 2.27. The molecule has 1 aliphatic carbocycles. The Morgan fingerprint density at radius 1 is 1.31 bits per heavy atom. The third kappa shape index (κ3) is 2.88. The molecule has 1 amide bonds. The second-order valence-corrected chi connectivity index (χ2v) is 5.91. The van der Waals surface area contributed by atoms with Gasteiger partial charge in [0.25, 0.3) is 0 Å². The molecule has 1 N–H and O–H groups in total. The lowest BCUT2D eigenvalue weighted by Gasteiger charge is -2.28. The second-order valence-electron chi connectivity index (χ2n) is 5.91. The molecule has 0 bridgehead atoms. The molecule has 16 heavy (non-hydrogen) atoms. The van der Waals surface area contributed by atoms with Crippen LogP contribution in [0.4, 0.5) is 4.79 Å². The quantitative estimate of drug-likeness (QED) is 0.698. The Bertz CT molecular complexity index is 284. The number of rotatable bonds is 1. The Hall–Kier alpha value is -0.770. The van der Waals surface area contributed by atoms with Gasteiger partial charge in [-0.25, -0.2) is 4.79 Å². The smallest absolute Gasteiger partial charge is 0.407 e. The van der Waals surface area contributed by atoms with Gasteiger partial charge in [0.15, 0.2) is 0 Å². The number of fused-ring (bicyclic) bond motifs is 1. The van der Waals surface area contributed by atoms with Crippen molar-refractivity contribution in [2.75, 3.05) is 0 Å². The van der Waals surface area contributed by atoms with Gasteiger partial charge in [0.1, 0.15) is 5.60 Å². The van der Waals surface area contributed by atoms with Crippen LogP contribution in [0.5, 0.6) is 0 Å². The average Bonchev–Trinajstić information content (AvgIpc) is 2.78. The summed E-state index contributed by atoms with van der Waals surface area (Å²) in [6.45, 7) is 7.77. The van der Waals surface area contributed by atoms with E-state index in [0.29, 0.717) is 18.1 Å². The number of ether oxygens (including phenoxy) is 2. The minimum atomic E-state index is -0.430. The number of nitrogens with one attached hydrogen (secondary N) is 1. The van der Waals surface area contributed by atoms with E-state index < -0.39 is 5.60 Å². The van der Waals surface area contributed by atoms with E-state index in [0.717, 1.165) is 12.8 Å². The number of hydrogen-bond donors (Lipinski definition) is 1. The summed E-state index contributed by atoms with van der Waals surface area (Å²) in [5.41, 5.74) is -0.430. The molecule has 0 radical (unpaired) electrons. The van der Waals surface area contributed by atoms with Crippen LogP contribution in [-0.4, -0.2) is 29.9 Å². The minimum Gasteiger partial charge on any atom is -0.444 e. The van der Waals surface area contributed by atoms with Gasteiger partial charge in [0.2, 0.25) is 0 Å². The largest absolute Gasteiger partial charge is 0.444 e. The molecule has 92 valence electrons. The second kappa shape index (κ2) is 3.91. The summed E-state index contributed by atoms with van der Waals surface area (Å²) in [6.07, 6.45) is 2.47. The molecular formula is C12H21NO3. The van der Waals surface area contributed by atoms with E-state index in [-0.39, 0.29) is 12.1 Å². The van der Waals surface area contributed by atoms with E-state index in [9.17, 15) is 4.79 Å². The van der Waals surface area contributed by atoms with E-state index in [1.54, 1.807) is 0 Å². The predicted octanol–water partition coefficient (Wildman–Crippen LogP) is 2.08. The Labute approximate surface area is 96.7 Å². The molecule has 1 saturated carbocycles. The van der Waals surface area contributed by atoms with Crippen LogP contribution in [0.25, 0.3) is 0 Å². The van der Waals surface area contributed by atoms with Crippen LogP contribution >= 0.6 is 0 Å². The minimum absolute atomic E-state index is 0.193. The van der Waals surface area contributed by atoms with Gasteiger partial charge >= 0.3 is 6.09 Å². The van der Waals surface area contributed by atoms with Crippen molar-refractivity contribution in [3.05, 3.63) is 0 Å². The van der Waals surface area contributed by atoms with E-state index in [4.69, 9.17) is 9.47 Å². The molecule has 2 rings (SSSR count). The number of carbonyl (C=O) groups is 1. The summed E-state index contributed by atoms with van der Waals surface area (Å²) < 4.78 is 10.7. The molecule has 4 heteroatoms. The molecular weight excluding hydrogens is 206 g/mol. The zero-order chi connectivity index (χ0) is 11.9. The van der Waals surface area contributed by atoms with Crippen LogP contribution in [-0.2, 0) is 9.47 Å². The van der Waals surface area contributed by atoms with Gasteiger partial charge in [-0.15, -0.1) is 0 Å². The molecule has 1 aliphatic heterocycles. The lowest BCUT2D eigenvalue weighted by atomic mass is 9.86. The van der Waals surface area contributed by atoms with Gasteiger partial charge in [-0.05, 0) is 39.5 Å². The van der Waals surface area contributed by atoms with Crippen molar-refractivity contribution in [3.8, 4) is 0 Å². The zero-order valence-electron chi connectivity index (χ0n) is 10.4. The molecule has 0 aromatic heterocycles. The van der Waals surface area contributed by atoms with Crippen molar-refractivity contribution in [3.63, 3.8) is 0 Å². The fraction of sp³-hybridized carbons (Fsp3) is 0.917. The third-order valence-corrected chi connectivity index (χ3v) is 3.17. The van der Waals surface area contributed by atoms with Crippen molar-refractivity contribution in [2.24, 2.45) is 5.92 Å². The number of amides is 1. The SMILES string of the molecule is C[C@@H]1CC2OC2C[C@H]1NC(=O)OC(C)(C)C. The standard InChI is InChI=1S/C12H21NO3/c1-7-5-9-10(15-9)6-8(7)13-11(14)16-12(2,3)4/h7-10H,5-6H2,1-4H3,(H,13,14)/t7-,8-,9?,10?/m1/s1. The van der Waals surface area contributed by atoms with Gasteiger partial charge in [0.05, 0.1) is 12.2 Å². The first-order valence-electron chi connectivity index (χ1n) is 6.00. The molecule has 2 fully saturated rings. The molecule has 0 aromatic rings. The maximum atomic E-state index is 11.6. The average molecular weight is 227 g/mol. The van der Waals surface area contributed by atoms with Crippen molar-refractivity contribution < 1.29 is 14.3 Å². The monoisotopic (exact) mass is 227 g/mol. The van der Waals surface area contributed by atoms with E-state index in [1.165, 1.54) is 0 Å². The van der Waals surface area contributed by atoms with E-state index in [2.05, 4.69) is 12.2 Å². The Morgan fingerprint density at radius 2 is 1.94 bits per heavy atom. The van der Waals surface area contributed by atoms with E-state index >= 15 is 0 Å². The van der Waals surface area contributed by atoms with Gasteiger partial charge in [-0.2, -0.15) is 0 Å². The van der Waals surface area contributed by atoms with Crippen LogP contribution in [0.3, 0.4) is 0 Å². The first-order chi connectivity index (χ1) is 7.35.